The van der Waals surface area contributed by atoms with Crippen LogP contribution in [0.2, 0.25) is 0 Å². The van der Waals surface area contributed by atoms with Gasteiger partial charge in [-0.1, -0.05) is 170 Å². The lowest BCUT2D eigenvalue weighted by Gasteiger charge is -2.26. The van der Waals surface area contributed by atoms with E-state index >= 15 is 0 Å². The van der Waals surface area contributed by atoms with E-state index in [0.29, 0.717) is 65.6 Å². The number of nitrogens with zero attached hydrogens (tertiary/aromatic N) is 4. The van der Waals surface area contributed by atoms with E-state index in [4.69, 9.17) is 77.6 Å². The number of benzene rings is 7. The van der Waals surface area contributed by atoms with E-state index in [1.165, 1.54) is 40.5 Å². The molecule has 3 atom stereocenters. The first-order valence-corrected chi connectivity index (χ1v) is 44.0. The summed E-state index contributed by atoms with van der Waals surface area (Å²) >= 11 is 0. The molecule has 0 saturated carbocycles. The highest BCUT2D eigenvalue weighted by molar-refractivity contribution is 5.41. The van der Waals surface area contributed by atoms with Gasteiger partial charge < -0.3 is 82.7 Å². The molecule has 0 aliphatic carbocycles. The summed E-state index contributed by atoms with van der Waals surface area (Å²) in [6, 6.07) is 48.8. The van der Waals surface area contributed by atoms with Crippen LogP contribution in [0.1, 0.15) is 195 Å². The van der Waals surface area contributed by atoms with E-state index in [2.05, 4.69) is 125 Å². The van der Waals surface area contributed by atoms with Crippen LogP contribution in [0.15, 0.2) is 158 Å². The number of rotatable bonds is 36. The molecule has 7 aromatic rings. The van der Waals surface area contributed by atoms with Crippen molar-refractivity contribution in [2.24, 2.45) is 0 Å². The Morgan fingerprint density at radius 1 is 0.306 bits per heavy atom. The normalized spacial score (nSPS) is 15.5. The number of hydrogen-bond acceptors (Lipinski definition) is 21. The zero-order valence-corrected chi connectivity index (χ0v) is 75.9. The Kier molecular flexibility index (Phi) is 51.7. The van der Waals surface area contributed by atoms with Gasteiger partial charge in [0.1, 0.15) is 105 Å². The molecule has 0 amide bonds. The van der Waals surface area contributed by atoms with Crippen LogP contribution in [-0.4, -0.2) is 266 Å². The van der Waals surface area contributed by atoms with Gasteiger partial charge in [0.2, 0.25) is 0 Å². The van der Waals surface area contributed by atoms with Crippen LogP contribution >= 0.6 is 0 Å². The summed E-state index contributed by atoms with van der Waals surface area (Å²) in [6.45, 7) is 48.5. The van der Waals surface area contributed by atoms with Gasteiger partial charge in [0.25, 0.3) is 6.43 Å². The van der Waals surface area contributed by atoms with Crippen molar-refractivity contribution in [2.75, 3.05) is 197 Å². The fourth-order valence-electron chi connectivity index (χ4n) is 13.0. The highest BCUT2D eigenvalue weighted by Crippen LogP contribution is 2.38. The molecular formula is C98H145F5N4O17. The van der Waals surface area contributed by atoms with Crippen molar-refractivity contribution in [1.82, 2.24) is 19.6 Å². The molecule has 11 rings (SSSR count). The minimum absolute atomic E-state index is 0.0526. The average Bonchev–Trinajstić information content (AvgIpc) is 0.809. The zero-order chi connectivity index (χ0) is 90.8. The molecule has 694 valence electrons. The lowest BCUT2D eigenvalue weighted by molar-refractivity contribution is -0.138. The molecule has 4 heterocycles. The van der Waals surface area contributed by atoms with Gasteiger partial charge in [0.05, 0.1) is 78.2 Å². The van der Waals surface area contributed by atoms with E-state index in [1.54, 1.807) is 26.0 Å². The molecule has 4 saturated heterocycles. The summed E-state index contributed by atoms with van der Waals surface area (Å²) in [5, 5.41) is 53.3. The molecule has 0 aromatic heterocycles. The van der Waals surface area contributed by atoms with Crippen LogP contribution in [0, 0.1) is 0 Å². The van der Waals surface area contributed by atoms with Gasteiger partial charge in [-0.2, -0.15) is 13.2 Å². The standard InChI is InChI=1S/C16H22F3NO2.C16H23F2NO2.2C15H23NO2.3C12H18O3/c1-12(2)14-11-13(3-4-15(14)16(17,18)19)22-10-7-20-5-8-21-9-6-20;1-12(2)15-11-13(3-4-14(15)16(17)18)21-10-7-19-5-8-20-9-6-19;1-13(2)14-4-3-5-15(12-14)18-11-8-16-6-9-17-10-7-16;1-13(2)14-5-3-4-6-15(14)18-12-9-16-7-10-17-11-8-16;1-9(2)10-3-5-12(6-4-10)15-8-11(14)7-13;1-9(2)10-4-3-5-12(6-10)15-8-11(14)7-13;1-9(2)11-5-3-4-6-12(11)15-8-10(14)7-13/h3-4,11-12H,5-10H2,1-2H3;3-4,11-12,16H,5-10H2,1-2H3;3-5,12-13H,6-11H2,1-2H3;3-6,13H,7-12H2,1-2H3;2*3-6,9,11,13-14H,7-8H2,1-2H3;3-6,9-10,13-14H,7-8H2,1-2H3. The lowest BCUT2D eigenvalue weighted by atomic mass is 9.96. The molecule has 0 radical (unpaired) electrons. The number of aliphatic hydroxyl groups is 6. The predicted molar refractivity (Wildman–Crippen MR) is 480 cm³/mol. The third-order valence-corrected chi connectivity index (χ3v) is 20.6. The van der Waals surface area contributed by atoms with Crippen LogP contribution in [0.3, 0.4) is 0 Å². The van der Waals surface area contributed by atoms with E-state index in [-0.39, 0.29) is 62.6 Å². The quantitative estimate of drug-likeness (QED) is 0.0200. The number of halogens is 5. The molecule has 4 aliphatic rings. The maximum Gasteiger partial charge on any atom is 0.416 e. The molecule has 4 fully saturated rings. The fourth-order valence-corrected chi connectivity index (χ4v) is 13.0. The minimum atomic E-state index is -4.33. The molecule has 124 heavy (non-hydrogen) atoms. The van der Waals surface area contributed by atoms with E-state index in [1.807, 2.05) is 98.8 Å². The number of para-hydroxylation sites is 2. The van der Waals surface area contributed by atoms with Gasteiger partial charge in [-0.25, -0.2) is 8.78 Å². The zero-order valence-electron chi connectivity index (χ0n) is 75.9. The third kappa shape index (κ3) is 42.7. The summed E-state index contributed by atoms with van der Waals surface area (Å²) in [5.41, 5.74) is 6.65. The van der Waals surface area contributed by atoms with Crippen LogP contribution in [0.5, 0.6) is 40.2 Å². The second kappa shape index (κ2) is 60.1. The Hall–Kier alpha value is -7.77. The van der Waals surface area contributed by atoms with Gasteiger partial charge in [0, 0.05) is 84.1 Å². The van der Waals surface area contributed by atoms with Gasteiger partial charge in [-0.3, -0.25) is 19.6 Å². The van der Waals surface area contributed by atoms with Crippen molar-refractivity contribution in [3.63, 3.8) is 0 Å². The Balaban J connectivity index is 0.000000258. The van der Waals surface area contributed by atoms with E-state index in [0.717, 1.165) is 179 Å². The molecule has 21 nitrogen and oxygen atoms in total. The Bertz CT molecular complexity index is 3930. The molecule has 0 bridgehead atoms. The molecule has 4 aliphatic heterocycles. The first-order valence-electron chi connectivity index (χ1n) is 44.0. The van der Waals surface area contributed by atoms with Crippen LogP contribution < -0.4 is 33.2 Å². The van der Waals surface area contributed by atoms with Crippen molar-refractivity contribution in [3.05, 3.63) is 208 Å². The fraction of sp³-hybridized carbons (Fsp3) is 0.571. The Morgan fingerprint density at radius 3 is 0.976 bits per heavy atom. The Morgan fingerprint density at radius 2 is 0.621 bits per heavy atom. The molecular weight excluding hydrogens is 1600 g/mol. The summed E-state index contributed by atoms with van der Waals surface area (Å²) in [7, 11) is 0. The number of hydrogen-bond donors (Lipinski definition) is 6. The maximum atomic E-state index is 13.0. The summed E-state index contributed by atoms with van der Waals surface area (Å²) in [4.78, 5) is 9.27. The van der Waals surface area contributed by atoms with Gasteiger partial charge in [0.15, 0.2) is 0 Å². The van der Waals surface area contributed by atoms with Crippen LogP contribution in [0.4, 0.5) is 22.0 Å². The molecule has 7 aromatic carbocycles. The highest BCUT2D eigenvalue weighted by atomic mass is 19.4. The number of ether oxygens (including phenoxy) is 11. The first-order chi connectivity index (χ1) is 59.4. The van der Waals surface area contributed by atoms with Gasteiger partial charge in [-0.05, 0) is 165 Å². The van der Waals surface area contributed by atoms with Gasteiger partial charge >= 0.3 is 6.18 Å². The van der Waals surface area contributed by atoms with E-state index < -0.39 is 36.5 Å². The lowest BCUT2D eigenvalue weighted by Crippen LogP contribution is -2.38. The second-order valence-corrected chi connectivity index (χ2v) is 32.9. The van der Waals surface area contributed by atoms with Crippen LogP contribution in [-0.2, 0) is 25.1 Å². The molecule has 0 spiro atoms. The predicted octanol–water partition coefficient (Wildman–Crippen LogP) is 16.7. The number of alkyl halides is 5. The highest BCUT2D eigenvalue weighted by Gasteiger charge is 2.34. The van der Waals surface area contributed by atoms with Crippen molar-refractivity contribution in [2.45, 2.75) is 169 Å². The molecule has 6 N–H and O–H groups in total. The van der Waals surface area contributed by atoms with Gasteiger partial charge in [-0.15, -0.1) is 0 Å². The smallest absolute Gasteiger partial charge is 0.416 e. The monoisotopic (exact) mass is 1750 g/mol. The average molecular weight is 1750 g/mol. The Labute approximate surface area is 735 Å². The van der Waals surface area contributed by atoms with Crippen molar-refractivity contribution in [1.29, 1.82) is 0 Å². The molecule has 26 heteroatoms. The molecule has 3 unspecified atom stereocenters. The summed E-state index contributed by atoms with van der Waals surface area (Å²) in [5.74, 6) is 7.62. The van der Waals surface area contributed by atoms with Crippen LogP contribution in [0.25, 0.3) is 0 Å². The first kappa shape index (κ1) is 107. The largest absolute Gasteiger partial charge is 0.492 e. The van der Waals surface area contributed by atoms with Crippen molar-refractivity contribution >= 4 is 0 Å². The summed E-state index contributed by atoms with van der Waals surface area (Å²) < 4.78 is 125. The third-order valence-electron chi connectivity index (χ3n) is 20.6. The SMILES string of the molecule is CC(C)c1cc(OCCN2CCOCC2)ccc1C(F)(F)F.CC(C)c1cc(OCCN2CCOCC2)ccc1C(F)F.CC(C)c1ccc(OCC(O)CO)cc1.CC(C)c1cccc(OCC(O)CO)c1.CC(C)c1cccc(OCCN2CCOCC2)c1.CC(C)c1ccccc1OCC(O)CO.CC(C)c1ccccc1OCCN1CCOCC1. The summed E-state index contributed by atoms with van der Waals surface area (Å²) in [6.07, 6.45) is -9.20. The van der Waals surface area contributed by atoms with E-state index in [9.17, 15) is 27.1 Å². The topological polar surface area (TPSA) is 236 Å². The maximum absolute atomic E-state index is 13.0. The number of morpholine rings is 4. The minimum Gasteiger partial charge on any atom is -0.492 e. The second-order valence-electron chi connectivity index (χ2n) is 32.9. The van der Waals surface area contributed by atoms with Crippen molar-refractivity contribution < 1.29 is 105 Å². The number of aliphatic hydroxyl groups excluding tert-OH is 6. The van der Waals surface area contributed by atoms with Crippen molar-refractivity contribution in [3.8, 4) is 40.2 Å².